The van der Waals surface area contributed by atoms with Crippen LogP contribution >= 0.6 is 0 Å². The second-order valence-electron chi connectivity index (χ2n) is 7.25. The topological polar surface area (TPSA) is 52.6 Å². The maximum atomic E-state index is 12.1. The van der Waals surface area contributed by atoms with E-state index in [4.69, 9.17) is 0 Å². The summed E-state index contributed by atoms with van der Waals surface area (Å²) in [7, 11) is 0. The van der Waals surface area contributed by atoms with Gasteiger partial charge in [-0.1, -0.05) is 33.1 Å². The molecule has 1 amide bonds. The van der Waals surface area contributed by atoms with E-state index in [1.165, 1.54) is 19.3 Å². The minimum absolute atomic E-state index is 0.140. The molecule has 0 aromatic rings. The molecule has 0 aromatic heterocycles. The fourth-order valence-corrected chi connectivity index (χ4v) is 3.85. The highest BCUT2D eigenvalue weighted by Crippen LogP contribution is 2.33. The number of likely N-dealkylation sites (tertiary alicyclic amines) is 1. The number of piperidine rings is 1. The van der Waals surface area contributed by atoms with Crippen LogP contribution in [-0.4, -0.2) is 47.7 Å². The Kier molecular flexibility index (Phi) is 6.49. The number of amides is 1. The molecule has 1 saturated heterocycles. The number of nitrogens with zero attached hydrogens (tertiary/aromatic N) is 1. The lowest BCUT2D eigenvalue weighted by atomic mass is 9.78. The quantitative estimate of drug-likeness (QED) is 0.817. The summed E-state index contributed by atoms with van der Waals surface area (Å²) in [6, 6.07) is 0.402. The molecule has 1 heterocycles. The van der Waals surface area contributed by atoms with Crippen LogP contribution in [0.2, 0.25) is 0 Å². The van der Waals surface area contributed by atoms with Gasteiger partial charge in [0.25, 0.3) is 0 Å². The molecule has 2 fully saturated rings. The third-order valence-corrected chi connectivity index (χ3v) is 4.99. The molecule has 1 saturated carbocycles. The molecular weight excluding hydrogens is 264 g/mol. The number of carbonyl (C=O) groups is 1. The van der Waals surface area contributed by atoms with Crippen LogP contribution in [0.15, 0.2) is 0 Å². The molecule has 3 atom stereocenters. The van der Waals surface area contributed by atoms with Crippen LogP contribution in [0.4, 0.5) is 0 Å². The first-order valence-electron chi connectivity index (χ1n) is 8.76. The van der Waals surface area contributed by atoms with Crippen molar-refractivity contribution in [2.75, 3.05) is 19.6 Å². The van der Waals surface area contributed by atoms with Gasteiger partial charge in [-0.2, -0.15) is 0 Å². The minimum atomic E-state index is -0.164. The van der Waals surface area contributed by atoms with Crippen molar-refractivity contribution in [1.29, 1.82) is 0 Å². The zero-order valence-electron chi connectivity index (χ0n) is 13.7. The number of hydrogen-bond donors (Lipinski definition) is 2. The predicted octanol–water partition coefficient (Wildman–Crippen LogP) is 2.16. The highest BCUT2D eigenvalue weighted by atomic mass is 16.3. The lowest BCUT2D eigenvalue weighted by Gasteiger charge is -2.43. The van der Waals surface area contributed by atoms with E-state index in [0.29, 0.717) is 24.4 Å². The van der Waals surface area contributed by atoms with Crippen molar-refractivity contribution in [2.45, 2.75) is 70.9 Å². The van der Waals surface area contributed by atoms with E-state index in [9.17, 15) is 9.90 Å². The Balaban J connectivity index is 1.90. The van der Waals surface area contributed by atoms with Gasteiger partial charge in [0.1, 0.15) is 0 Å². The average molecular weight is 296 g/mol. The molecule has 3 unspecified atom stereocenters. The first kappa shape index (κ1) is 16.8. The normalized spacial score (nSPS) is 31.3. The van der Waals surface area contributed by atoms with Gasteiger partial charge in [0.05, 0.1) is 12.6 Å². The van der Waals surface area contributed by atoms with Crippen LogP contribution in [0, 0.1) is 11.8 Å². The molecule has 21 heavy (non-hydrogen) atoms. The lowest BCUT2D eigenvalue weighted by molar-refractivity contribution is -0.124. The summed E-state index contributed by atoms with van der Waals surface area (Å²) in [6.45, 7) is 6.48. The van der Waals surface area contributed by atoms with Gasteiger partial charge in [-0.25, -0.2) is 0 Å². The summed E-state index contributed by atoms with van der Waals surface area (Å²) < 4.78 is 0. The number of nitrogens with one attached hydrogen (secondary N) is 1. The largest absolute Gasteiger partial charge is 0.393 e. The molecule has 2 N–H and O–H groups in total. The molecule has 1 aliphatic heterocycles. The van der Waals surface area contributed by atoms with Gasteiger partial charge in [0.2, 0.25) is 5.91 Å². The number of aliphatic hydroxyl groups is 1. The highest BCUT2D eigenvalue weighted by molar-refractivity contribution is 5.78. The molecule has 122 valence electrons. The van der Waals surface area contributed by atoms with Crippen LogP contribution in [-0.2, 0) is 4.79 Å². The number of hydrogen-bond acceptors (Lipinski definition) is 3. The number of rotatable bonds is 5. The summed E-state index contributed by atoms with van der Waals surface area (Å²) in [5, 5.41) is 13.3. The number of carbonyl (C=O) groups excluding carboxylic acids is 1. The average Bonchev–Trinajstić information content (AvgIpc) is 2.46. The second kappa shape index (κ2) is 8.14. The van der Waals surface area contributed by atoms with Gasteiger partial charge in [-0.3, -0.25) is 9.69 Å². The summed E-state index contributed by atoms with van der Waals surface area (Å²) in [5.74, 6) is 1.00. The highest BCUT2D eigenvalue weighted by Gasteiger charge is 2.36. The summed E-state index contributed by atoms with van der Waals surface area (Å²) in [4.78, 5) is 14.4. The maximum absolute atomic E-state index is 12.1. The van der Waals surface area contributed by atoms with Crippen LogP contribution in [0.1, 0.15) is 58.8 Å². The van der Waals surface area contributed by atoms with E-state index in [-0.39, 0.29) is 12.0 Å². The second-order valence-corrected chi connectivity index (χ2v) is 7.25. The summed E-state index contributed by atoms with van der Waals surface area (Å²) in [6.07, 6.45) is 7.83. The van der Waals surface area contributed by atoms with Crippen molar-refractivity contribution >= 4 is 5.91 Å². The van der Waals surface area contributed by atoms with Crippen molar-refractivity contribution in [1.82, 2.24) is 10.2 Å². The first-order valence-corrected chi connectivity index (χ1v) is 8.76. The van der Waals surface area contributed by atoms with Crippen molar-refractivity contribution in [3.05, 3.63) is 0 Å². The van der Waals surface area contributed by atoms with Crippen LogP contribution < -0.4 is 5.32 Å². The Morgan fingerprint density at radius 3 is 2.62 bits per heavy atom. The fourth-order valence-electron chi connectivity index (χ4n) is 3.85. The van der Waals surface area contributed by atoms with Gasteiger partial charge < -0.3 is 10.4 Å². The van der Waals surface area contributed by atoms with Crippen molar-refractivity contribution in [3.8, 4) is 0 Å². The predicted molar refractivity (Wildman–Crippen MR) is 85.0 cm³/mol. The first-order chi connectivity index (χ1) is 10.1. The van der Waals surface area contributed by atoms with Crippen LogP contribution in [0.25, 0.3) is 0 Å². The minimum Gasteiger partial charge on any atom is -0.393 e. The Bertz CT molecular complexity index is 333. The Hall–Kier alpha value is -0.610. The SMILES string of the molecule is CC(C)CNC(=O)CN1CCCCC1C1CCCCC1O. The van der Waals surface area contributed by atoms with E-state index in [0.717, 1.165) is 38.8 Å². The summed E-state index contributed by atoms with van der Waals surface area (Å²) >= 11 is 0. The van der Waals surface area contributed by atoms with E-state index in [2.05, 4.69) is 24.1 Å². The Morgan fingerprint density at radius 1 is 1.19 bits per heavy atom. The zero-order chi connectivity index (χ0) is 15.2. The molecular formula is C17H32N2O2. The lowest BCUT2D eigenvalue weighted by Crippen LogP contribution is -2.51. The Labute approximate surface area is 129 Å². The van der Waals surface area contributed by atoms with E-state index in [1.54, 1.807) is 0 Å². The van der Waals surface area contributed by atoms with Crippen LogP contribution in [0.5, 0.6) is 0 Å². The molecule has 0 bridgehead atoms. The standard InChI is InChI=1S/C17H32N2O2/c1-13(2)11-18-17(21)12-19-10-6-5-8-15(19)14-7-3-4-9-16(14)20/h13-16,20H,3-12H2,1-2H3,(H,18,21). The number of aliphatic hydroxyl groups excluding tert-OH is 1. The van der Waals surface area contributed by atoms with E-state index < -0.39 is 0 Å². The smallest absolute Gasteiger partial charge is 0.234 e. The Morgan fingerprint density at radius 2 is 1.90 bits per heavy atom. The van der Waals surface area contributed by atoms with Gasteiger partial charge in [-0.15, -0.1) is 0 Å². The molecule has 1 aliphatic carbocycles. The van der Waals surface area contributed by atoms with Crippen molar-refractivity contribution in [2.24, 2.45) is 11.8 Å². The molecule has 4 nitrogen and oxygen atoms in total. The van der Waals surface area contributed by atoms with Gasteiger partial charge in [0, 0.05) is 18.5 Å². The third kappa shape index (κ3) is 4.96. The fraction of sp³-hybridized carbons (Fsp3) is 0.941. The van der Waals surface area contributed by atoms with Crippen molar-refractivity contribution in [3.63, 3.8) is 0 Å². The third-order valence-electron chi connectivity index (χ3n) is 4.99. The van der Waals surface area contributed by atoms with Gasteiger partial charge >= 0.3 is 0 Å². The van der Waals surface area contributed by atoms with E-state index >= 15 is 0 Å². The molecule has 0 spiro atoms. The molecule has 0 radical (unpaired) electrons. The van der Waals surface area contributed by atoms with E-state index in [1.807, 2.05) is 0 Å². The van der Waals surface area contributed by atoms with Crippen LogP contribution in [0.3, 0.4) is 0 Å². The molecule has 4 heteroatoms. The molecule has 0 aromatic carbocycles. The molecule has 2 rings (SSSR count). The van der Waals surface area contributed by atoms with Gasteiger partial charge in [-0.05, 0) is 38.1 Å². The monoisotopic (exact) mass is 296 g/mol. The van der Waals surface area contributed by atoms with Crippen molar-refractivity contribution < 1.29 is 9.90 Å². The zero-order valence-corrected chi connectivity index (χ0v) is 13.7. The summed E-state index contributed by atoms with van der Waals surface area (Å²) in [5.41, 5.74) is 0. The maximum Gasteiger partial charge on any atom is 0.234 e. The van der Waals surface area contributed by atoms with Gasteiger partial charge in [0.15, 0.2) is 0 Å². The molecule has 2 aliphatic rings.